The third-order valence-electron chi connectivity index (χ3n) is 2.69. The van der Waals surface area contributed by atoms with E-state index < -0.39 is 0 Å². The molecule has 2 amide bonds. The average Bonchev–Trinajstić information content (AvgIpc) is 2.78. The number of rotatable bonds is 2. The fraction of sp³-hybridized carbons (Fsp3) is 0.462. The first-order chi connectivity index (χ1) is 8.16. The van der Waals surface area contributed by atoms with Gasteiger partial charge in [-0.3, -0.25) is 4.90 Å². The van der Waals surface area contributed by atoms with E-state index in [0.29, 0.717) is 13.3 Å². The summed E-state index contributed by atoms with van der Waals surface area (Å²) in [4.78, 5) is 13.5. The first-order valence-electron chi connectivity index (χ1n) is 5.89. The normalized spacial score (nSPS) is 19.7. The second kappa shape index (κ2) is 5.19. The number of amides is 2. The van der Waals surface area contributed by atoms with Gasteiger partial charge in [0.2, 0.25) is 0 Å². The van der Waals surface area contributed by atoms with Gasteiger partial charge in [0.1, 0.15) is 12.8 Å². The first kappa shape index (κ1) is 11.9. The van der Waals surface area contributed by atoms with Gasteiger partial charge in [0, 0.05) is 6.04 Å². The highest BCUT2D eigenvalue weighted by Crippen LogP contribution is 2.24. The highest BCUT2D eigenvalue weighted by atomic mass is 16.5. The Balaban J connectivity index is 1.94. The van der Waals surface area contributed by atoms with Crippen molar-refractivity contribution in [1.82, 2.24) is 10.2 Å². The number of nitrogens with zero attached hydrogens (tertiary/aromatic N) is 1. The van der Waals surface area contributed by atoms with Crippen LogP contribution in [0.25, 0.3) is 0 Å². The molecule has 2 rings (SSSR count). The van der Waals surface area contributed by atoms with Crippen molar-refractivity contribution in [3.05, 3.63) is 35.9 Å². The van der Waals surface area contributed by atoms with Gasteiger partial charge < -0.3 is 10.1 Å². The van der Waals surface area contributed by atoms with Crippen LogP contribution in [0.15, 0.2) is 30.3 Å². The molecule has 0 aromatic heterocycles. The Morgan fingerprint density at radius 2 is 2.12 bits per heavy atom. The topological polar surface area (TPSA) is 41.6 Å². The standard InChI is InChI=1S/C13H18N2O2/c1-10(2)14-13(16)15-8-12(17-9-15)11-6-4-3-5-7-11/h3-7,10,12H,8-9H2,1-2H3,(H,14,16). The predicted molar refractivity (Wildman–Crippen MR) is 65.5 cm³/mol. The molecule has 0 spiro atoms. The summed E-state index contributed by atoms with van der Waals surface area (Å²) < 4.78 is 5.62. The van der Waals surface area contributed by atoms with E-state index in [-0.39, 0.29) is 18.2 Å². The lowest BCUT2D eigenvalue weighted by molar-refractivity contribution is 0.0949. The van der Waals surface area contributed by atoms with Gasteiger partial charge in [-0.05, 0) is 19.4 Å². The third-order valence-corrected chi connectivity index (χ3v) is 2.69. The summed E-state index contributed by atoms with van der Waals surface area (Å²) >= 11 is 0. The Hall–Kier alpha value is -1.55. The summed E-state index contributed by atoms with van der Waals surface area (Å²) in [5.41, 5.74) is 1.12. The molecule has 1 fully saturated rings. The average molecular weight is 234 g/mol. The van der Waals surface area contributed by atoms with Gasteiger partial charge >= 0.3 is 6.03 Å². The van der Waals surface area contributed by atoms with E-state index in [9.17, 15) is 4.79 Å². The molecule has 1 N–H and O–H groups in total. The molecule has 1 heterocycles. The van der Waals surface area contributed by atoms with Crippen LogP contribution in [0.5, 0.6) is 0 Å². The van der Waals surface area contributed by atoms with Crippen molar-refractivity contribution in [1.29, 1.82) is 0 Å². The molecular weight excluding hydrogens is 216 g/mol. The number of urea groups is 1. The summed E-state index contributed by atoms with van der Waals surface area (Å²) in [6.07, 6.45) is -0.00545. The molecule has 1 aromatic carbocycles. The van der Waals surface area contributed by atoms with E-state index in [4.69, 9.17) is 4.74 Å². The fourth-order valence-corrected chi connectivity index (χ4v) is 1.83. The molecule has 0 saturated carbocycles. The molecule has 1 aromatic rings. The van der Waals surface area contributed by atoms with E-state index in [1.165, 1.54) is 0 Å². The molecule has 0 bridgehead atoms. The second-order valence-corrected chi connectivity index (χ2v) is 4.52. The molecule has 4 heteroatoms. The van der Waals surface area contributed by atoms with Gasteiger partial charge in [-0.1, -0.05) is 30.3 Å². The zero-order valence-corrected chi connectivity index (χ0v) is 10.2. The number of benzene rings is 1. The third kappa shape index (κ3) is 2.97. The maximum atomic E-state index is 11.8. The van der Waals surface area contributed by atoms with E-state index >= 15 is 0 Å². The Bertz CT molecular complexity index is 378. The van der Waals surface area contributed by atoms with Crippen molar-refractivity contribution in [2.45, 2.75) is 26.0 Å². The minimum atomic E-state index is -0.0570. The molecule has 17 heavy (non-hydrogen) atoms. The zero-order chi connectivity index (χ0) is 12.3. The van der Waals surface area contributed by atoms with Gasteiger partial charge in [-0.15, -0.1) is 0 Å². The first-order valence-corrected chi connectivity index (χ1v) is 5.89. The number of hydrogen-bond donors (Lipinski definition) is 1. The van der Waals surface area contributed by atoms with Gasteiger partial charge in [-0.2, -0.15) is 0 Å². The minimum absolute atomic E-state index is 0.00545. The molecular formula is C13H18N2O2. The number of nitrogens with one attached hydrogen (secondary N) is 1. The molecule has 0 aliphatic carbocycles. The van der Waals surface area contributed by atoms with E-state index in [1.54, 1.807) is 4.90 Å². The largest absolute Gasteiger partial charge is 0.351 e. The summed E-state index contributed by atoms with van der Waals surface area (Å²) in [6.45, 7) is 4.87. The zero-order valence-electron chi connectivity index (χ0n) is 10.2. The second-order valence-electron chi connectivity index (χ2n) is 4.52. The lowest BCUT2D eigenvalue weighted by Crippen LogP contribution is -2.41. The quantitative estimate of drug-likeness (QED) is 0.851. The highest BCUT2D eigenvalue weighted by molar-refractivity contribution is 5.74. The number of carbonyl (C=O) groups is 1. The van der Waals surface area contributed by atoms with Crippen LogP contribution in [0, 0.1) is 0 Å². The van der Waals surface area contributed by atoms with E-state index in [2.05, 4.69) is 5.32 Å². The molecule has 92 valence electrons. The molecule has 1 atom stereocenters. The van der Waals surface area contributed by atoms with Gasteiger partial charge in [0.25, 0.3) is 0 Å². The molecule has 1 aliphatic rings. The van der Waals surface area contributed by atoms with Crippen LogP contribution < -0.4 is 5.32 Å². The van der Waals surface area contributed by atoms with Crippen LogP contribution in [0.2, 0.25) is 0 Å². The SMILES string of the molecule is CC(C)NC(=O)N1COC(c2ccccc2)C1. The molecule has 1 saturated heterocycles. The van der Waals surface area contributed by atoms with Crippen molar-refractivity contribution in [2.75, 3.05) is 13.3 Å². The summed E-state index contributed by atoms with van der Waals surface area (Å²) in [7, 11) is 0. The molecule has 4 nitrogen and oxygen atoms in total. The lowest BCUT2D eigenvalue weighted by atomic mass is 10.1. The number of ether oxygens (including phenoxy) is 1. The van der Waals surface area contributed by atoms with E-state index in [1.807, 2.05) is 44.2 Å². The van der Waals surface area contributed by atoms with Crippen molar-refractivity contribution in [3.8, 4) is 0 Å². The van der Waals surface area contributed by atoms with Crippen LogP contribution in [0.1, 0.15) is 25.5 Å². The number of hydrogen-bond acceptors (Lipinski definition) is 2. The van der Waals surface area contributed by atoms with Crippen LogP contribution in [-0.2, 0) is 4.74 Å². The van der Waals surface area contributed by atoms with E-state index in [0.717, 1.165) is 5.56 Å². The molecule has 1 unspecified atom stereocenters. The number of carbonyl (C=O) groups excluding carboxylic acids is 1. The predicted octanol–water partition coefficient (Wildman–Crippen LogP) is 2.14. The Morgan fingerprint density at radius 3 is 2.76 bits per heavy atom. The van der Waals surface area contributed by atoms with Crippen molar-refractivity contribution in [2.24, 2.45) is 0 Å². The van der Waals surface area contributed by atoms with Gasteiger partial charge in [0.15, 0.2) is 0 Å². The van der Waals surface area contributed by atoms with Crippen LogP contribution in [0.4, 0.5) is 4.79 Å². The van der Waals surface area contributed by atoms with Crippen LogP contribution in [-0.4, -0.2) is 30.2 Å². The smallest absolute Gasteiger partial charge is 0.319 e. The molecule has 1 aliphatic heterocycles. The Labute approximate surface area is 102 Å². The van der Waals surface area contributed by atoms with Crippen LogP contribution >= 0.6 is 0 Å². The minimum Gasteiger partial charge on any atom is -0.351 e. The van der Waals surface area contributed by atoms with Crippen molar-refractivity contribution >= 4 is 6.03 Å². The van der Waals surface area contributed by atoms with Gasteiger partial charge in [-0.25, -0.2) is 4.79 Å². The summed E-state index contributed by atoms with van der Waals surface area (Å²) in [5.74, 6) is 0. The summed E-state index contributed by atoms with van der Waals surface area (Å²) in [5, 5.41) is 2.86. The molecule has 0 radical (unpaired) electrons. The maximum absolute atomic E-state index is 11.8. The monoisotopic (exact) mass is 234 g/mol. The van der Waals surface area contributed by atoms with Crippen LogP contribution in [0.3, 0.4) is 0 Å². The Morgan fingerprint density at radius 1 is 1.41 bits per heavy atom. The van der Waals surface area contributed by atoms with Gasteiger partial charge in [0.05, 0.1) is 6.54 Å². The Kier molecular flexibility index (Phi) is 3.64. The van der Waals surface area contributed by atoms with Crippen molar-refractivity contribution < 1.29 is 9.53 Å². The fourth-order valence-electron chi connectivity index (χ4n) is 1.83. The maximum Gasteiger partial charge on any atom is 0.319 e. The lowest BCUT2D eigenvalue weighted by Gasteiger charge is -2.17. The highest BCUT2D eigenvalue weighted by Gasteiger charge is 2.27. The van der Waals surface area contributed by atoms with Crippen molar-refractivity contribution in [3.63, 3.8) is 0 Å². The summed E-state index contributed by atoms with van der Waals surface area (Å²) in [6, 6.07) is 10.1.